The van der Waals surface area contributed by atoms with E-state index in [0.717, 1.165) is 31.1 Å². The molecular formula is C17H27ClN2O. The van der Waals surface area contributed by atoms with Gasteiger partial charge in [0.1, 0.15) is 0 Å². The molecule has 0 bridgehead atoms. The van der Waals surface area contributed by atoms with E-state index in [1.54, 1.807) is 0 Å². The molecule has 1 aromatic rings. The third-order valence-corrected chi connectivity index (χ3v) is 4.48. The van der Waals surface area contributed by atoms with E-state index < -0.39 is 6.10 Å². The fraction of sp³-hybridized carbons (Fsp3) is 0.647. The first kappa shape index (κ1) is 16.8. The van der Waals surface area contributed by atoms with E-state index in [2.05, 4.69) is 23.8 Å². The van der Waals surface area contributed by atoms with Crippen molar-refractivity contribution in [2.75, 3.05) is 39.8 Å². The van der Waals surface area contributed by atoms with E-state index in [1.807, 2.05) is 24.3 Å². The zero-order chi connectivity index (χ0) is 15.2. The Labute approximate surface area is 133 Å². The van der Waals surface area contributed by atoms with Crippen molar-refractivity contribution < 1.29 is 5.11 Å². The van der Waals surface area contributed by atoms with Gasteiger partial charge in [-0.05, 0) is 56.6 Å². The van der Waals surface area contributed by atoms with Crippen molar-refractivity contribution in [1.82, 2.24) is 9.80 Å². The summed E-state index contributed by atoms with van der Waals surface area (Å²) in [5.74, 6) is 0.735. The first-order chi connectivity index (χ1) is 10.1. The molecule has 1 heterocycles. The second kappa shape index (κ2) is 8.14. The van der Waals surface area contributed by atoms with E-state index >= 15 is 0 Å². The number of likely N-dealkylation sites (tertiary alicyclic amines) is 1. The Morgan fingerprint density at radius 1 is 1.38 bits per heavy atom. The average molecular weight is 311 g/mol. The van der Waals surface area contributed by atoms with Crippen molar-refractivity contribution >= 4 is 11.6 Å². The van der Waals surface area contributed by atoms with Gasteiger partial charge >= 0.3 is 0 Å². The van der Waals surface area contributed by atoms with Gasteiger partial charge in [-0.1, -0.05) is 30.7 Å². The summed E-state index contributed by atoms with van der Waals surface area (Å²) in [6, 6.07) is 7.50. The van der Waals surface area contributed by atoms with E-state index in [4.69, 9.17) is 11.6 Å². The highest BCUT2D eigenvalue weighted by Gasteiger charge is 2.25. The minimum absolute atomic E-state index is 0.422. The second-order valence-electron chi connectivity index (χ2n) is 6.24. The van der Waals surface area contributed by atoms with Crippen LogP contribution in [0.2, 0.25) is 5.02 Å². The van der Waals surface area contributed by atoms with Crippen molar-refractivity contribution in [3.8, 4) is 0 Å². The Bertz CT molecular complexity index is 423. The molecule has 0 amide bonds. The smallest absolute Gasteiger partial charge is 0.0916 e. The lowest BCUT2D eigenvalue weighted by molar-refractivity contribution is 0.123. The Kier molecular flexibility index (Phi) is 6.49. The van der Waals surface area contributed by atoms with E-state index in [1.165, 1.54) is 25.9 Å². The van der Waals surface area contributed by atoms with Crippen LogP contribution in [0.4, 0.5) is 0 Å². The molecule has 0 spiro atoms. The fourth-order valence-electron chi connectivity index (χ4n) is 3.18. The molecule has 1 fully saturated rings. The van der Waals surface area contributed by atoms with Crippen molar-refractivity contribution in [1.29, 1.82) is 0 Å². The number of β-amino-alcohol motifs (C(OH)–C–C–N with tert-alkyl or cyclic N) is 1. The molecule has 0 radical (unpaired) electrons. The number of nitrogens with zero attached hydrogens (tertiary/aromatic N) is 2. The molecule has 1 N–H and O–H groups in total. The van der Waals surface area contributed by atoms with Crippen LogP contribution in [0.1, 0.15) is 31.4 Å². The normalized spacial score (nSPS) is 21.1. The molecule has 4 heteroatoms. The molecule has 0 aromatic heterocycles. The summed E-state index contributed by atoms with van der Waals surface area (Å²) >= 11 is 5.88. The van der Waals surface area contributed by atoms with Crippen LogP contribution in [0, 0.1) is 5.92 Å². The van der Waals surface area contributed by atoms with Gasteiger partial charge in [0.25, 0.3) is 0 Å². The number of hydrogen-bond donors (Lipinski definition) is 1. The Balaban J connectivity index is 1.78. The highest BCUT2D eigenvalue weighted by atomic mass is 35.5. The molecule has 2 unspecified atom stereocenters. The maximum atomic E-state index is 10.3. The second-order valence-corrected chi connectivity index (χ2v) is 6.68. The van der Waals surface area contributed by atoms with Crippen LogP contribution in [0.3, 0.4) is 0 Å². The van der Waals surface area contributed by atoms with Crippen LogP contribution in [-0.4, -0.2) is 54.7 Å². The van der Waals surface area contributed by atoms with Crippen LogP contribution in [0.15, 0.2) is 24.3 Å². The van der Waals surface area contributed by atoms with Crippen LogP contribution in [-0.2, 0) is 0 Å². The highest BCUT2D eigenvalue weighted by molar-refractivity contribution is 6.30. The van der Waals surface area contributed by atoms with Gasteiger partial charge in [-0.15, -0.1) is 0 Å². The van der Waals surface area contributed by atoms with Gasteiger partial charge < -0.3 is 14.9 Å². The van der Waals surface area contributed by atoms with Crippen LogP contribution in [0.5, 0.6) is 0 Å². The van der Waals surface area contributed by atoms with Crippen LogP contribution >= 0.6 is 11.6 Å². The molecule has 0 aliphatic carbocycles. The average Bonchev–Trinajstić information content (AvgIpc) is 2.86. The molecular weight excluding hydrogens is 284 g/mol. The molecule has 2 atom stereocenters. The third-order valence-electron chi connectivity index (χ3n) is 4.23. The summed E-state index contributed by atoms with van der Waals surface area (Å²) < 4.78 is 0. The number of aliphatic hydroxyl groups excluding tert-OH is 1. The zero-order valence-electron chi connectivity index (χ0n) is 13.1. The van der Waals surface area contributed by atoms with E-state index in [0.29, 0.717) is 5.02 Å². The topological polar surface area (TPSA) is 26.7 Å². The number of rotatable bonds is 7. The fourth-order valence-corrected chi connectivity index (χ4v) is 3.30. The van der Waals surface area contributed by atoms with Gasteiger partial charge in [-0.3, -0.25) is 0 Å². The monoisotopic (exact) mass is 310 g/mol. The summed E-state index contributed by atoms with van der Waals surface area (Å²) in [6.07, 6.45) is 2.03. The molecule has 3 nitrogen and oxygen atoms in total. The maximum Gasteiger partial charge on any atom is 0.0916 e. The number of benzene rings is 1. The lowest BCUT2D eigenvalue weighted by atomic mass is 10.1. The standard InChI is InChI=1S/C17H27ClN2O/c1-3-9-19(2)11-14-8-10-20(12-14)13-17(21)15-4-6-16(18)7-5-15/h4-7,14,17,21H,3,8-13H2,1-2H3. The van der Waals surface area contributed by atoms with Crippen molar-refractivity contribution in [3.63, 3.8) is 0 Å². The van der Waals surface area contributed by atoms with Gasteiger partial charge in [-0.2, -0.15) is 0 Å². The van der Waals surface area contributed by atoms with Crippen LogP contribution < -0.4 is 0 Å². The molecule has 1 aliphatic rings. The number of hydrogen-bond acceptors (Lipinski definition) is 3. The summed E-state index contributed by atoms with van der Waals surface area (Å²) in [5.41, 5.74) is 0.950. The van der Waals surface area contributed by atoms with E-state index in [-0.39, 0.29) is 0 Å². The largest absolute Gasteiger partial charge is 0.387 e. The summed E-state index contributed by atoms with van der Waals surface area (Å²) in [7, 11) is 2.20. The highest BCUT2D eigenvalue weighted by Crippen LogP contribution is 2.22. The van der Waals surface area contributed by atoms with Gasteiger partial charge in [-0.25, -0.2) is 0 Å². The SMILES string of the molecule is CCCN(C)CC1CCN(CC(O)c2ccc(Cl)cc2)C1. The molecule has 0 saturated carbocycles. The Morgan fingerprint density at radius 3 is 2.76 bits per heavy atom. The first-order valence-corrected chi connectivity index (χ1v) is 8.30. The minimum Gasteiger partial charge on any atom is -0.387 e. The number of aliphatic hydroxyl groups is 1. The van der Waals surface area contributed by atoms with Crippen molar-refractivity contribution in [2.24, 2.45) is 5.92 Å². The Morgan fingerprint density at radius 2 is 2.10 bits per heavy atom. The zero-order valence-corrected chi connectivity index (χ0v) is 13.9. The van der Waals surface area contributed by atoms with Gasteiger partial charge in [0.15, 0.2) is 0 Å². The van der Waals surface area contributed by atoms with Gasteiger partial charge in [0.2, 0.25) is 0 Å². The first-order valence-electron chi connectivity index (χ1n) is 7.93. The number of halogens is 1. The van der Waals surface area contributed by atoms with Gasteiger partial charge in [0.05, 0.1) is 6.10 Å². The van der Waals surface area contributed by atoms with E-state index in [9.17, 15) is 5.11 Å². The van der Waals surface area contributed by atoms with Crippen LogP contribution in [0.25, 0.3) is 0 Å². The summed E-state index contributed by atoms with van der Waals surface area (Å²) in [5, 5.41) is 11.0. The molecule has 118 valence electrons. The maximum absolute atomic E-state index is 10.3. The molecule has 1 saturated heterocycles. The molecule has 2 rings (SSSR count). The van der Waals surface area contributed by atoms with Crippen molar-refractivity contribution in [2.45, 2.75) is 25.9 Å². The Hall–Kier alpha value is -0.610. The third kappa shape index (κ3) is 5.26. The summed E-state index contributed by atoms with van der Waals surface area (Å²) in [4.78, 5) is 4.80. The summed E-state index contributed by atoms with van der Waals surface area (Å²) in [6.45, 7) is 7.47. The molecule has 1 aliphatic heterocycles. The van der Waals surface area contributed by atoms with Crippen molar-refractivity contribution in [3.05, 3.63) is 34.9 Å². The minimum atomic E-state index is -0.422. The predicted molar refractivity (Wildman–Crippen MR) is 88.7 cm³/mol. The quantitative estimate of drug-likeness (QED) is 0.838. The lowest BCUT2D eigenvalue weighted by Crippen LogP contribution is -2.30. The lowest BCUT2D eigenvalue weighted by Gasteiger charge is -2.22. The predicted octanol–water partition coefficient (Wildman–Crippen LogP) is 3.04. The molecule has 1 aromatic carbocycles. The molecule has 21 heavy (non-hydrogen) atoms. The van der Waals surface area contributed by atoms with Gasteiger partial charge in [0, 0.05) is 24.7 Å².